The van der Waals surface area contributed by atoms with Crippen molar-refractivity contribution in [3.63, 3.8) is 0 Å². The van der Waals surface area contributed by atoms with E-state index in [4.69, 9.17) is 14.2 Å². The van der Waals surface area contributed by atoms with Crippen molar-refractivity contribution >= 4 is 27.4 Å². The SMILES string of the molecule is CCCC(=O)Oc1ccc2c(Oc3ccc(OCCN4CCCCC4)cc3)c(C3CCCCC3)sc2c1. The number of benzene rings is 2. The molecule has 3 aromatic rings. The lowest BCUT2D eigenvalue weighted by Gasteiger charge is -2.26. The molecule has 5 nitrogen and oxygen atoms in total. The smallest absolute Gasteiger partial charge is 0.311 e. The maximum atomic E-state index is 12.0. The molecule has 2 fully saturated rings. The minimum Gasteiger partial charge on any atom is -0.492 e. The van der Waals surface area contributed by atoms with Crippen LogP contribution in [0, 0.1) is 0 Å². The van der Waals surface area contributed by atoms with Crippen molar-refractivity contribution in [2.24, 2.45) is 0 Å². The highest BCUT2D eigenvalue weighted by Crippen LogP contribution is 2.48. The number of piperidine rings is 1. The Bertz CT molecular complexity index is 1160. The van der Waals surface area contributed by atoms with Crippen molar-refractivity contribution in [3.05, 3.63) is 47.3 Å². The van der Waals surface area contributed by atoms with Gasteiger partial charge in [-0.1, -0.05) is 32.6 Å². The van der Waals surface area contributed by atoms with E-state index < -0.39 is 0 Å². The van der Waals surface area contributed by atoms with E-state index in [-0.39, 0.29) is 5.97 Å². The third-order valence-corrected chi connectivity index (χ3v) is 8.77. The Labute approximate surface area is 224 Å². The van der Waals surface area contributed by atoms with Crippen LogP contribution < -0.4 is 14.2 Å². The molecule has 1 aliphatic carbocycles. The monoisotopic (exact) mass is 521 g/mol. The Morgan fingerprint density at radius 1 is 0.919 bits per heavy atom. The van der Waals surface area contributed by atoms with Crippen LogP contribution in [0.1, 0.15) is 81.9 Å². The van der Waals surface area contributed by atoms with Crippen LogP contribution in [-0.4, -0.2) is 37.1 Å². The number of fused-ring (bicyclic) bond motifs is 1. The molecule has 198 valence electrons. The molecule has 0 amide bonds. The van der Waals surface area contributed by atoms with E-state index in [0.717, 1.165) is 40.3 Å². The quantitative estimate of drug-likeness (QED) is 0.198. The fourth-order valence-electron chi connectivity index (χ4n) is 5.46. The molecule has 1 saturated heterocycles. The second-order valence-corrected chi connectivity index (χ2v) is 11.4. The lowest BCUT2D eigenvalue weighted by atomic mass is 9.88. The second kappa shape index (κ2) is 12.8. The molecule has 1 aliphatic heterocycles. The number of ether oxygens (including phenoxy) is 3. The molecular weight excluding hydrogens is 482 g/mol. The van der Waals surface area contributed by atoms with Crippen molar-refractivity contribution in [1.82, 2.24) is 4.90 Å². The molecule has 6 heteroatoms. The summed E-state index contributed by atoms with van der Waals surface area (Å²) in [5, 5.41) is 1.09. The number of rotatable bonds is 10. The number of thiophene rings is 1. The predicted molar refractivity (Wildman–Crippen MR) is 150 cm³/mol. The largest absolute Gasteiger partial charge is 0.492 e. The average molecular weight is 522 g/mol. The second-order valence-electron chi connectivity index (χ2n) is 10.3. The van der Waals surface area contributed by atoms with Gasteiger partial charge < -0.3 is 14.2 Å². The van der Waals surface area contributed by atoms with E-state index >= 15 is 0 Å². The van der Waals surface area contributed by atoms with Gasteiger partial charge in [0, 0.05) is 23.1 Å². The van der Waals surface area contributed by atoms with Crippen molar-refractivity contribution in [2.75, 3.05) is 26.2 Å². The molecule has 0 atom stereocenters. The van der Waals surface area contributed by atoms with Gasteiger partial charge >= 0.3 is 5.97 Å². The molecule has 0 spiro atoms. The number of carbonyl (C=O) groups is 1. The summed E-state index contributed by atoms with van der Waals surface area (Å²) in [4.78, 5) is 15.8. The fourth-order valence-corrected chi connectivity index (χ4v) is 6.79. The van der Waals surface area contributed by atoms with Gasteiger partial charge in [0.2, 0.25) is 0 Å². The van der Waals surface area contributed by atoms with Crippen LogP contribution in [0.5, 0.6) is 23.0 Å². The normalized spacial score (nSPS) is 17.1. The van der Waals surface area contributed by atoms with Crippen LogP contribution >= 0.6 is 11.3 Å². The highest BCUT2D eigenvalue weighted by atomic mass is 32.1. The van der Waals surface area contributed by atoms with Gasteiger partial charge in [-0.15, -0.1) is 11.3 Å². The Morgan fingerprint density at radius 3 is 2.38 bits per heavy atom. The van der Waals surface area contributed by atoms with E-state index in [2.05, 4.69) is 4.90 Å². The Morgan fingerprint density at radius 2 is 1.62 bits per heavy atom. The molecule has 1 saturated carbocycles. The number of hydrogen-bond donors (Lipinski definition) is 0. The van der Waals surface area contributed by atoms with Crippen molar-refractivity contribution in [1.29, 1.82) is 0 Å². The van der Waals surface area contributed by atoms with Crippen LogP contribution in [0.25, 0.3) is 10.1 Å². The van der Waals surface area contributed by atoms with E-state index in [1.165, 1.54) is 69.3 Å². The molecule has 0 bridgehead atoms. The van der Waals surface area contributed by atoms with Crippen molar-refractivity contribution in [3.8, 4) is 23.0 Å². The van der Waals surface area contributed by atoms with Gasteiger partial charge in [-0.05, 0) is 93.6 Å². The van der Waals surface area contributed by atoms with Gasteiger partial charge in [-0.3, -0.25) is 9.69 Å². The molecule has 1 aromatic heterocycles. The molecule has 2 aliphatic rings. The first kappa shape index (κ1) is 26.1. The number of carbonyl (C=O) groups excluding carboxylic acids is 1. The van der Waals surface area contributed by atoms with Crippen molar-refractivity contribution in [2.45, 2.75) is 77.0 Å². The first-order valence-corrected chi connectivity index (χ1v) is 14.9. The van der Waals surface area contributed by atoms with Gasteiger partial charge in [-0.2, -0.15) is 0 Å². The highest BCUT2D eigenvalue weighted by molar-refractivity contribution is 7.19. The topological polar surface area (TPSA) is 48.0 Å². The number of esters is 1. The van der Waals surface area contributed by atoms with Crippen LogP contribution in [-0.2, 0) is 4.79 Å². The summed E-state index contributed by atoms with van der Waals surface area (Å²) in [7, 11) is 0. The predicted octanol–water partition coefficient (Wildman–Crippen LogP) is 8.31. The highest BCUT2D eigenvalue weighted by Gasteiger charge is 2.25. The summed E-state index contributed by atoms with van der Waals surface area (Å²) in [5.41, 5.74) is 0. The number of hydrogen-bond acceptors (Lipinski definition) is 6. The molecule has 37 heavy (non-hydrogen) atoms. The van der Waals surface area contributed by atoms with Gasteiger partial charge in [0.05, 0.1) is 4.88 Å². The first-order valence-electron chi connectivity index (χ1n) is 14.1. The minimum atomic E-state index is -0.180. The van der Waals surface area contributed by atoms with Crippen LogP contribution in [0.2, 0.25) is 0 Å². The zero-order valence-electron chi connectivity index (χ0n) is 22.0. The standard InChI is InChI=1S/C31H39NO4S/c1-2-9-29(33)35-26-16-17-27-28(22-26)37-31(23-10-5-3-6-11-23)30(27)36-25-14-12-24(13-15-25)34-21-20-32-18-7-4-8-19-32/h12-17,22-23H,2-11,18-21H2,1H3. The Kier molecular flexibility index (Phi) is 9.01. The molecule has 5 rings (SSSR count). The van der Waals surface area contributed by atoms with E-state index in [0.29, 0.717) is 24.7 Å². The molecule has 0 N–H and O–H groups in total. The van der Waals surface area contributed by atoms with E-state index in [1.54, 1.807) is 11.3 Å². The molecule has 2 aromatic carbocycles. The molecule has 0 unspecified atom stereocenters. The van der Waals surface area contributed by atoms with E-state index in [1.807, 2.05) is 49.4 Å². The Hall–Kier alpha value is -2.57. The lowest BCUT2D eigenvalue weighted by molar-refractivity contribution is -0.134. The zero-order chi connectivity index (χ0) is 25.5. The molecule has 2 heterocycles. The number of likely N-dealkylation sites (tertiary alicyclic amines) is 1. The summed E-state index contributed by atoms with van der Waals surface area (Å²) < 4.78 is 19.3. The molecular formula is C31H39NO4S. The summed E-state index contributed by atoms with van der Waals surface area (Å²) in [6, 6.07) is 13.9. The molecule has 0 radical (unpaired) electrons. The lowest BCUT2D eigenvalue weighted by Crippen LogP contribution is -2.33. The summed E-state index contributed by atoms with van der Waals surface area (Å²) >= 11 is 1.79. The summed E-state index contributed by atoms with van der Waals surface area (Å²) in [6.07, 6.45) is 11.4. The summed E-state index contributed by atoms with van der Waals surface area (Å²) in [6.45, 7) is 6.07. The third kappa shape index (κ3) is 6.85. The number of nitrogens with zero attached hydrogens (tertiary/aromatic N) is 1. The van der Waals surface area contributed by atoms with E-state index in [9.17, 15) is 4.79 Å². The van der Waals surface area contributed by atoms with Gasteiger partial charge in [0.25, 0.3) is 0 Å². The summed E-state index contributed by atoms with van der Waals surface area (Å²) in [5.74, 6) is 3.60. The third-order valence-electron chi connectivity index (χ3n) is 7.47. The van der Waals surface area contributed by atoms with Gasteiger partial charge in [0.1, 0.15) is 29.6 Å². The van der Waals surface area contributed by atoms with Gasteiger partial charge in [0.15, 0.2) is 0 Å². The minimum absolute atomic E-state index is 0.180. The average Bonchev–Trinajstić information content (AvgIpc) is 3.28. The van der Waals surface area contributed by atoms with Crippen LogP contribution in [0.15, 0.2) is 42.5 Å². The maximum Gasteiger partial charge on any atom is 0.311 e. The zero-order valence-corrected chi connectivity index (χ0v) is 22.8. The Balaban J connectivity index is 1.31. The van der Waals surface area contributed by atoms with Gasteiger partial charge in [-0.25, -0.2) is 0 Å². The first-order chi connectivity index (χ1) is 18.2. The fraction of sp³-hybridized carbons (Fsp3) is 0.516. The van der Waals surface area contributed by atoms with Crippen LogP contribution in [0.3, 0.4) is 0 Å². The maximum absolute atomic E-state index is 12.0. The van der Waals surface area contributed by atoms with Crippen molar-refractivity contribution < 1.29 is 19.0 Å². The van der Waals surface area contributed by atoms with Crippen LogP contribution in [0.4, 0.5) is 0 Å².